The Morgan fingerprint density at radius 1 is 0.900 bits per heavy atom. The standard InChI is InChI=1S/C24H17N3O2S/c25-15-20-21(26)23(22(28)16-7-3-1-4-8-16)30-24(20)27-17-11-13-19(14-12-17)29-18-9-5-2-6-10-18/h1-14,27H,26H2. The summed E-state index contributed by atoms with van der Waals surface area (Å²) in [6.07, 6.45) is 0. The molecule has 5 nitrogen and oxygen atoms in total. The summed E-state index contributed by atoms with van der Waals surface area (Å²) >= 11 is 1.18. The fraction of sp³-hybridized carbons (Fsp3) is 0. The molecule has 0 aliphatic heterocycles. The van der Waals surface area contributed by atoms with Crippen molar-refractivity contribution in [3.8, 4) is 17.6 Å². The van der Waals surface area contributed by atoms with E-state index in [0.717, 1.165) is 11.4 Å². The van der Waals surface area contributed by atoms with Gasteiger partial charge in [0.05, 0.1) is 5.69 Å². The number of nitrogens with one attached hydrogen (secondary N) is 1. The van der Waals surface area contributed by atoms with Crippen LogP contribution in [0.3, 0.4) is 0 Å². The summed E-state index contributed by atoms with van der Waals surface area (Å²) in [5.41, 5.74) is 7.88. The van der Waals surface area contributed by atoms with Crippen LogP contribution >= 0.6 is 11.3 Å². The molecule has 3 aromatic carbocycles. The number of carbonyl (C=O) groups is 1. The molecule has 146 valence electrons. The van der Waals surface area contributed by atoms with Crippen LogP contribution in [0.1, 0.15) is 20.8 Å². The van der Waals surface area contributed by atoms with Gasteiger partial charge in [-0.3, -0.25) is 4.79 Å². The van der Waals surface area contributed by atoms with E-state index in [9.17, 15) is 10.1 Å². The minimum Gasteiger partial charge on any atom is -0.457 e. The number of carbonyl (C=O) groups excluding carboxylic acids is 1. The third-order valence-corrected chi connectivity index (χ3v) is 5.51. The highest BCUT2D eigenvalue weighted by molar-refractivity contribution is 7.19. The van der Waals surface area contributed by atoms with E-state index in [-0.39, 0.29) is 17.0 Å². The minimum atomic E-state index is -0.200. The number of ketones is 1. The molecule has 1 aromatic heterocycles. The number of para-hydroxylation sites is 1. The predicted molar refractivity (Wildman–Crippen MR) is 120 cm³/mol. The van der Waals surface area contributed by atoms with Crippen molar-refractivity contribution in [1.82, 2.24) is 0 Å². The Kier molecular flexibility index (Phi) is 5.46. The van der Waals surface area contributed by atoms with Gasteiger partial charge >= 0.3 is 0 Å². The Morgan fingerprint density at radius 2 is 1.50 bits per heavy atom. The zero-order valence-corrected chi connectivity index (χ0v) is 16.6. The maximum absolute atomic E-state index is 12.8. The molecule has 6 heteroatoms. The highest BCUT2D eigenvalue weighted by Gasteiger charge is 2.22. The SMILES string of the molecule is N#Cc1c(Nc2ccc(Oc3ccccc3)cc2)sc(C(=O)c2ccccc2)c1N. The summed E-state index contributed by atoms with van der Waals surface area (Å²) < 4.78 is 5.79. The van der Waals surface area contributed by atoms with E-state index in [4.69, 9.17) is 10.5 Å². The molecule has 0 saturated heterocycles. The van der Waals surface area contributed by atoms with Gasteiger partial charge in [0.25, 0.3) is 0 Å². The lowest BCUT2D eigenvalue weighted by molar-refractivity contribution is 0.104. The Hall–Kier alpha value is -4.08. The van der Waals surface area contributed by atoms with Crippen molar-refractivity contribution in [2.45, 2.75) is 0 Å². The molecular formula is C24H17N3O2S. The summed E-state index contributed by atoms with van der Waals surface area (Å²) in [5, 5.41) is 13.3. The quantitative estimate of drug-likeness (QED) is 0.382. The van der Waals surface area contributed by atoms with Crippen LogP contribution in [0.2, 0.25) is 0 Å². The molecular weight excluding hydrogens is 394 g/mol. The number of nitriles is 1. The van der Waals surface area contributed by atoms with E-state index in [0.29, 0.717) is 21.2 Å². The lowest BCUT2D eigenvalue weighted by Gasteiger charge is -2.08. The zero-order valence-electron chi connectivity index (χ0n) is 15.8. The summed E-state index contributed by atoms with van der Waals surface area (Å²) in [5.74, 6) is 1.24. The van der Waals surface area contributed by atoms with Gasteiger partial charge in [-0.25, -0.2) is 0 Å². The van der Waals surface area contributed by atoms with Crippen molar-refractivity contribution >= 4 is 33.5 Å². The fourth-order valence-electron chi connectivity index (χ4n) is 2.89. The van der Waals surface area contributed by atoms with E-state index >= 15 is 0 Å². The number of anilines is 3. The van der Waals surface area contributed by atoms with Crippen molar-refractivity contribution < 1.29 is 9.53 Å². The third kappa shape index (κ3) is 4.02. The van der Waals surface area contributed by atoms with Crippen LogP contribution in [0.4, 0.5) is 16.4 Å². The number of rotatable bonds is 6. The van der Waals surface area contributed by atoms with Gasteiger partial charge in [-0.1, -0.05) is 48.5 Å². The first-order valence-corrected chi connectivity index (χ1v) is 9.99. The maximum atomic E-state index is 12.8. The topological polar surface area (TPSA) is 88.1 Å². The summed E-state index contributed by atoms with van der Waals surface area (Å²) in [6, 6.07) is 27.8. The smallest absolute Gasteiger partial charge is 0.205 e. The van der Waals surface area contributed by atoms with Gasteiger partial charge in [0.2, 0.25) is 5.78 Å². The van der Waals surface area contributed by atoms with Crippen LogP contribution in [0, 0.1) is 11.3 Å². The summed E-state index contributed by atoms with van der Waals surface area (Å²) in [7, 11) is 0. The van der Waals surface area contributed by atoms with Crippen molar-refractivity contribution in [1.29, 1.82) is 5.26 Å². The molecule has 4 aromatic rings. The van der Waals surface area contributed by atoms with Gasteiger partial charge in [0.1, 0.15) is 33.0 Å². The van der Waals surface area contributed by atoms with Gasteiger partial charge in [-0.05, 0) is 36.4 Å². The van der Waals surface area contributed by atoms with E-state index in [1.54, 1.807) is 24.3 Å². The van der Waals surface area contributed by atoms with E-state index in [1.807, 2.05) is 60.7 Å². The lowest BCUT2D eigenvalue weighted by atomic mass is 10.1. The van der Waals surface area contributed by atoms with Gasteiger partial charge in [-0.2, -0.15) is 5.26 Å². The van der Waals surface area contributed by atoms with Crippen LogP contribution in [0.15, 0.2) is 84.9 Å². The molecule has 1 heterocycles. The average molecular weight is 411 g/mol. The number of ether oxygens (including phenoxy) is 1. The number of hydrogen-bond donors (Lipinski definition) is 2. The molecule has 30 heavy (non-hydrogen) atoms. The fourth-order valence-corrected chi connectivity index (χ4v) is 3.95. The first kappa shape index (κ1) is 19.2. The van der Waals surface area contributed by atoms with Crippen LogP contribution in [0.25, 0.3) is 0 Å². The van der Waals surface area contributed by atoms with Crippen LogP contribution in [0.5, 0.6) is 11.5 Å². The molecule has 0 radical (unpaired) electrons. The second-order valence-corrected chi connectivity index (χ2v) is 7.44. The Bertz CT molecular complexity index is 1210. The summed E-state index contributed by atoms with van der Waals surface area (Å²) in [4.78, 5) is 13.1. The monoisotopic (exact) mass is 411 g/mol. The molecule has 0 aliphatic carbocycles. The lowest BCUT2D eigenvalue weighted by Crippen LogP contribution is -2.02. The van der Waals surface area contributed by atoms with Crippen LogP contribution in [-0.2, 0) is 0 Å². The van der Waals surface area contributed by atoms with E-state index < -0.39 is 0 Å². The molecule has 4 rings (SSSR count). The average Bonchev–Trinajstić information content (AvgIpc) is 3.10. The van der Waals surface area contributed by atoms with Gasteiger partial charge in [0, 0.05) is 11.3 Å². The predicted octanol–water partition coefficient (Wildman–Crippen LogP) is 5.97. The van der Waals surface area contributed by atoms with E-state index in [2.05, 4.69) is 11.4 Å². The second-order valence-electron chi connectivity index (χ2n) is 6.42. The zero-order chi connectivity index (χ0) is 20.9. The molecule has 0 atom stereocenters. The van der Waals surface area contributed by atoms with Gasteiger partial charge in [-0.15, -0.1) is 11.3 Å². The molecule has 0 saturated carbocycles. The molecule has 0 bridgehead atoms. The molecule has 0 spiro atoms. The Labute approximate surface area is 178 Å². The highest BCUT2D eigenvalue weighted by Crippen LogP contribution is 2.38. The molecule has 3 N–H and O–H groups in total. The van der Waals surface area contributed by atoms with Crippen LogP contribution < -0.4 is 15.8 Å². The third-order valence-electron chi connectivity index (χ3n) is 4.39. The molecule has 0 fully saturated rings. The molecule has 0 amide bonds. The number of nitrogens with zero attached hydrogens (tertiary/aromatic N) is 1. The number of hydrogen-bond acceptors (Lipinski definition) is 6. The summed E-state index contributed by atoms with van der Waals surface area (Å²) in [6.45, 7) is 0. The van der Waals surface area contributed by atoms with Crippen molar-refractivity contribution in [3.05, 3.63) is 101 Å². The number of nitrogens with two attached hydrogens (primary N) is 1. The van der Waals surface area contributed by atoms with Crippen molar-refractivity contribution in [3.63, 3.8) is 0 Å². The highest BCUT2D eigenvalue weighted by atomic mass is 32.1. The van der Waals surface area contributed by atoms with Crippen molar-refractivity contribution in [2.75, 3.05) is 11.1 Å². The maximum Gasteiger partial charge on any atom is 0.205 e. The first-order chi connectivity index (χ1) is 14.7. The van der Waals surface area contributed by atoms with Gasteiger partial charge in [0.15, 0.2) is 0 Å². The Balaban J connectivity index is 1.56. The normalized spacial score (nSPS) is 10.2. The second kappa shape index (κ2) is 8.52. The first-order valence-electron chi connectivity index (χ1n) is 9.18. The Morgan fingerprint density at radius 3 is 2.13 bits per heavy atom. The van der Waals surface area contributed by atoms with Crippen molar-refractivity contribution in [2.24, 2.45) is 0 Å². The number of benzene rings is 3. The number of nitrogen functional groups attached to an aromatic ring is 1. The largest absolute Gasteiger partial charge is 0.457 e. The van der Waals surface area contributed by atoms with Gasteiger partial charge < -0.3 is 15.8 Å². The molecule has 0 aliphatic rings. The molecule has 0 unspecified atom stereocenters. The van der Waals surface area contributed by atoms with E-state index in [1.165, 1.54) is 11.3 Å². The minimum absolute atomic E-state index is 0.197. The number of thiophene rings is 1. The van der Waals surface area contributed by atoms with Crippen LogP contribution in [-0.4, -0.2) is 5.78 Å².